The van der Waals surface area contributed by atoms with Crippen LogP contribution in [0.15, 0.2) is 11.6 Å². The maximum Gasteiger partial charge on any atom is 0.247 e. The molecule has 1 N–H and O–H groups in total. The molecule has 1 rings (SSSR count). The van der Waals surface area contributed by atoms with Gasteiger partial charge in [-0.2, -0.15) is 0 Å². The molecular weight excluding hydrogens is 150 g/mol. The Balaban J connectivity index is 2.37. The Kier molecular flexibility index (Phi) is 2.90. The first kappa shape index (κ1) is 9.30. The summed E-state index contributed by atoms with van der Waals surface area (Å²) in [5.41, 5.74) is 0.897. The second-order valence-corrected chi connectivity index (χ2v) is 3.46. The molecule has 0 bridgehead atoms. The van der Waals surface area contributed by atoms with Crippen molar-refractivity contribution in [2.75, 3.05) is 0 Å². The van der Waals surface area contributed by atoms with E-state index >= 15 is 0 Å². The number of carbonyl (C=O) groups excluding carboxylic acids is 1. The van der Waals surface area contributed by atoms with E-state index in [9.17, 15) is 4.79 Å². The summed E-state index contributed by atoms with van der Waals surface area (Å²) in [6.07, 6.45) is 3.86. The van der Waals surface area contributed by atoms with Crippen molar-refractivity contribution in [3.63, 3.8) is 0 Å². The van der Waals surface area contributed by atoms with Gasteiger partial charge in [0.15, 0.2) is 0 Å². The molecule has 0 spiro atoms. The first-order valence-electron chi connectivity index (χ1n) is 4.65. The maximum atomic E-state index is 11.4. The highest BCUT2D eigenvalue weighted by Gasteiger charge is 2.33. The lowest BCUT2D eigenvalue weighted by Gasteiger charge is -2.04. The summed E-state index contributed by atoms with van der Waals surface area (Å²) in [6, 6.07) is 0.444. The summed E-state index contributed by atoms with van der Waals surface area (Å²) >= 11 is 0. The van der Waals surface area contributed by atoms with Crippen LogP contribution in [0.2, 0.25) is 0 Å². The van der Waals surface area contributed by atoms with Crippen LogP contribution in [0.5, 0.6) is 0 Å². The molecule has 1 aliphatic rings. The smallest absolute Gasteiger partial charge is 0.247 e. The first-order valence-corrected chi connectivity index (χ1v) is 4.65. The summed E-state index contributed by atoms with van der Waals surface area (Å²) in [5.74, 6) is 0.804. The Morgan fingerprint density at radius 1 is 1.67 bits per heavy atom. The quantitative estimate of drug-likeness (QED) is 0.639. The monoisotopic (exact) mass is 167 g/mol. The summed E-state index contributed by atoms with van der Waals surface area (Å²) in [7, 11) is 0. The molecule has 0 radical (unpaired) electrons. The van der Waals surface area contributed by atoms with E-state index in [4.69, 9.17) is 0 Å². The van der Waals surface area contributed by atoms with E-state index in [1.165, 1.54) is 0 Å². The maximum absolute atomic E-state index is 11.4. The van der Waals surface area contributed by atoms with Gasteiger partial charge in [-0.25, -0.2) is 0 Å². The van der Waals surface area contributed by atoms with Gasteiger partial charge in [0.05, 0.1) is 0 Å². The number of nitrogens with one attached hydrogen (secondary N) is 1. The molecule has 2 heteroatoms. The Hall–Kier alpha value is -0.790. The van der Waals surface area contributed by atoms with Crippen LogP contribution >= 0.6 is 0 Å². The van der Waals surface area contributed by atoms with Gasteiger partial charge >= 0.3 is 0 Å². The van der Waals surface area contributed by atoms with Crippen molar-refractivity contribution < 1.29 is 4.79 Å². The average molecular weight is 167 g/mol. The van der Waals surface area contributed by atoms with Crippen LogP contribution in [-0.4, -0.2) is 11.9 Å². The topological polar surface area (TPSA) is 29.1 Å². The van der Waals surface area contributed by atoms with Gasteiger partial charge in [-0.3, -0.25) is 4.79 Å². The lowest BCUT2D eigenvalue weighted by Crippen LogP contribution is -2.27. The van der Waals surface area contributed by atoms with Crippen LogP contribution in [0.3, 0.4) is 0 Å². The van der Waals surface area contributed by atoms with Gasteiger partial charge < -0.3 is 5.32 Å². The molecule has 0 unspecified atom stereocenters. The Labute approximate surface area is 74.0 Å². The van der Waals surface area contributed by atoms with Crippen molar-refractivity contribution in [3.8, 4) is 0 Å². The zero-order valence-electron chi connectivity index (χ0n) is 8.05. The van der Waals surface area contributed by atoms with E-state index in [1.54, 1.807) is 0 Å². The fourth-order valence-electron chi connectivity index (χ4n) is 1.28. The number of carbonyl (C=O) groups is 1. The predicted molar refractivity (Wildman–Crippen MR) is 49.8 cm³/mol. The fourth-order valence-corrected chi connectivity index (χ4v) is 1.28. The van der Waals surface area contributed by atoms with Crippen molar-refractivity contribution in [2.45, 2.75) is 39.7 Å². The largest absolute Gasteiger partial charge is 0.349 e. The highest BCUT2D eigenvalue weighted by Crippen LogP contribution is 2.29. The Morgan fingerprint density at radius 3 is 2.58 bits per heavy atom. The number of allylic oxidation sites excluding steroid dienone is 1. The molecule has 0 aliphatic heterocycles. The van der Waals surface area contributed by atoms with E-state index in [-0.39, 0.29) is 5.91 Å². The van der Waals surface area contributed by atoms with Crippen LogP contribution in [0.1, 0.15) is 33.6 Å². The molecule has 2 nitrogen and oxygen atoms in total. The molecule has 1 fully saturated rings. The molecule has 0 aromatic rings. The predicted octanol–water partition coefficient (Wildman–Crippen LogP) is 1.87. The van der Waals surface area contributed by atoms with Crippen molar-refractivity contribution in [3.05, 3.63) is 11.6 Å². The van der Waals surface area contributed by atoms with Gasteiger partial charge in [0.1, 0.15) is 0 Å². The highest BCUT2D eigenvalue weighted by atomic mass is 16.1. The molecule has 0 aromatic heterocycles. The number of rotatable bonds is 3. The molecule has 0 aromatic carbocycles. The van der Waals surface area contributed by atoms with Gasteiger partial charge in [0.2, 0.25) is 5.91 Å². The van der Waals surface area contributed by atoms with Gasteiger partial charge in [-0.15, -0.1) is 0 Å². The van der Waals surface area contributed by atoms with Gasteiger partial charge in [0.25, 0.3) is 0 Å². The van der Waals surface area contributed by atoms with E-state index < -0.39 is 0 Å². The molecule has 0 saturated heterocycles. The third-order valence-electron chi connectivity index (χ3n) is 2.45. The van der Waals surface area contributed by atoms with Crippen LogP contribution < -0.4 is 5.32 Å². The van der Waals surface area contributed by atoms with Crippen molar-refractivity contribution >= 4 is 5.91 Å². The molecule has 1 aliphatic carbocycles. The van der Waals surface area contributed by atoms with Crippen molar-refractivity contribution in [1.82, 2.24) is 5.32 Å². The van der Waals surface area contributed by atoms with E-state index in [2.05, 4.69) is 12.2 Å². The van der Waals surface area contributed by atoms with Crippen LogP contribution in [0.4, 0.5) is 0 Å². The SMILES string of the molecule is C/C=C(/CC)C(=O)N[C@@H]1C[C@H]1C. The molecule has 1 amide bonds. The lowest BCUT2D eigenvalue weighted by molar-refractivity contribution is -0.117. The molecule has 0 heterocycles. The van der Waals surface area contributed by atoms with Crippen molar-refractivity contribution in [1.29, 1.82) is 0 Å². The lowest BCUT2D eigenvalue weighted by atomic mass is 10.2. The Bertz CT molecular complexity index is 208. The number of hydrogen-bond donors (Lipinski definition) is 1. The molecule has 1 saturated carbocycles. The second-order valence-electron chi connectivity index (χ2n) is 3.46. The summed E-state index contributed by atoms with van der Waals surface area (Å²) in [5, 5.41) is 3.00. The molecule has 12 heavy (non-hydrogen) atoms. The average Bonchev–Trinajstić information content (AvgIpc) is 2.69. The molecule has 68 valence electrons. The summed E-state index contributed by atoms with van der Waals surface area (Å²) < 4.78 is 0. The third kappa shape index (κ3) is 2.10. The standard InChI is InChI=1S/C10H17NO/c1-4-8(5-2)10(12)11-9-6-7(9)3/h4,7,9H,5-6H2,1-3H3,(H,11,12)/b8-4-/t7-,9-/m1/s1. The van der Waals surface area contributed by atoms with Crippen LogP contribution in [0.25, 0.3) is 0 Å². The summed E-state index contributed by atoms with van der Waals surface area (Å²) in [4.78, 5) is 11.4. The fraction of sp³-hybridized carbons (Fsp3) is 0.700. The van der Waals surface area contributed by atoms with Crippen LogP contribution in [0, 0.1) is 5.92 Å². The van der Waals surface area contributed by atoms with Crippen LogP contribution in [-0.2, 0) is 4.79 Å². The van der Waals surface area contributed by atoms with E-state index in [1.807, 2.05) is 19.9 Å². The Morgan fingerprint density at radius 2 is 2.25 bits per heavy atom. The first-order chi connectivity index (χ1) is 5.69. The summed E-state index contributed by atoms with van der Waals surface area (Å²) in [6.45, 7) is 6.08. The zero-order chi connectivity index (χ0) is 9.14. The third-order valence-corrected chi connectivity index (χ3v) is 2.45. The number of amides is 1. The van der Waals surface area contributed by atoms with Gasteiger partial charge in [0, 0.05) is 11.6 Å². The minimum Gasteiger partial charge on any atom is -0.349 e. The van der Waals surface area contributed by atoms with Gasteiger partial charge in [-0.05, 0) is 25.7 Å². The van der Waals surface area contributed by atoms with Crippen molar-refractivity contribution in [2.24, 2.45) is 5.92 Å². The normalized spacial score (nSPS) is 28.4. The zero-order valence-corrected chi connectivity index (χ0v) is 8.05. The molecular formula is C10H17NO. The van der Waals surface area contributed by atoms with Gasteiger partial charge in [-0.1, -0.05) is 19.9 Å². The second kappa shape index (κ2) is 3.74. The highest BCUT2D eigenvalue weighted by molar-refractivity contribution is 5.93. The number of hydrogen-bond acceptors (Lipinski definition) is 1. The molecule has 2 atom stereocenters. The minimum absolute atomic E-state index is 0.120. The van der Waals surface area contributed by atoms with E-state index in [0.29, 0.717) is 12.0 Å². The van der Waals surface area contributed by atoms with E-state index in [0.717, 1.165) is 18.4 Å². The minimum atomic E-state index is 0.120.